The molecule has 0 aliphatic carbocycles. The SMILES string of the molecule is C=C(C)Nc1ccn(C(=O)N2CCC3(CCCN3Cc3cc(Cl)cc(N4C5CCC4COC5)c3)CC2)n1. The van der Waals surface area contributed by atoms with Gasteiger partial charge in [-0.25, -0.2) is 4.79 Å². The molecule has 1 spiro atoms. The Labute approximate surface area is 224 Å². The third kappa shape index (κ3) is 4.87. The smallest absolute Gasteiger partial charge is 0.344 e. The summed E-state index contributed by atoms with van der Waals surface area (Å²) in [6.07, 6.45) is 8.46. The predicted octanol–water partition coefficient (Wildman–Crippen LogP) is 4.95. The number of allylic oxidation sites excluding steroid dienone is 1. The lowest BCUT2D eigenvalue weighted by atomic mass is 9.84. The van der Waals surface area contributed by atoms with E-state index in [4.69, 9.17) is 16.3 Å². The molecule has 4 aliphatic rings. The first-order valence-electron chi connectivity index (χ1n) is 13.6. The van der Waals surface area contributed by atoms with E-state index < -0.39 is 0 Å². The van der Waals surface area contributed by atoms with Gasteiger partial charge < -0.3 is 19.9 Å². The van der Waals surface area contributed by atoms with Crippen LogP contribution in [0.2, 0.25) is 5.02 Å². The lowest BCUT2D eigenvalue weighted by Crippen LogP contribution is -2.53. The van der Waals surface area contributed by atoms with Gasteiger partial charge >= 0.3 is 6.03 Å². The molecule has 2 bridgehead atoms. The minimum absolute atomic E-state index is 0.0613. The second-order valence-corrected chi connectivity index (χ2v) is 11.7. The van der Waals surface area contributed by atoms with Crippen molar-refractivity contribution < 1.29 is 9.53 Å². The van der Waals surface area contributed by atoms with Crippen molar-refractivity contribution in [3.8, 4) is 0 Å². The highest BCUT2D eigenvalue weighted by atomic mass is 35.5. The first kappa shape index (κ1) is 24.8. The molecule has 198 valence electrons. The quantitative estimate of drug-likeness (QED) is 0.597. The summed E-state index contributed by atoms with van der Waals surface area (Å²) in [6.45, 7) is 10.8. The van der Waals surface area contributed by atoms with Gasteiger partial charge in [-0.3, -0.25) is 4.90 Å². The van der Waals surface area contributed by atoms with E-state index in [1.807, 2.05) is 11.8 Å². The molecule has 1 amide bonds. The molecule has 1 aromatic heterocycles. The molecular weight excluding hydrogens is 488 g/mol. The van der Waals surface area contributed by atoms with Crippen molar-refractivity contribution in [2.75, 3.05) is 43.1 Å². The molecule has 2 aromatic rings. The fourth-order valence-electron chi connectivity index (χ4n) is 6.93. The zero-order chi connectivity index (χ0) is 25.6. The number of benzene rings is 1. The van der Waals surface area contributed by atoms with E-state index in [1.54, 1.807) is 12.3 Å². The standard InChI is InChI=1S/C28H37ClN6O2/c1-20(2)30-26-6-11-34(31-26)27(36)32-12-8-28(9-13-32)7-3-10-33(28)17-21-14-22(29)16-25(15-21)35-23-4-5-24(35)19-37-18-23/h6,11,14-16,23-24H,1,3-5,7-10,12-13,17-19H2,2H3,(H,30,31). The average Bonchev–Trinajstić information content (AvgIpc) is 3.55. The number of ether oxygens (including phenoxy) is 1. The van der Waals surface area contributed by atoms with Crippen molar-refractivity contribution in [3.05, 3.63) is 53.3 Å². The van der Waals surface area contributed by atoms with Crippen molar-refractivity contribution in [2.24, 2.45) is 0 Å². The number of piperidine rings is 1. The van der Waals surface area contributed by atoms with Gasteiger partial charge in [-0.1, -0.05) is 18.2 Å². The van der Waals surface area contributed by atoms with Gasteiger partial charge in [-0.2, -0.15) is 4.68 Å². The summed E-state index contributed by atoms with van der Waals surface area (Å²) in [5.41, 5.74) is 3.46. The summed E-state index contributed by atoms with van der Waals surface area (Å²) < 4.78 is 7.23. The second-order valence-electron chi connectivity index (χ2n) is 11.2. The first-order valence-corrected chi connectivity index (χ1v) is 14.0. The Morgan fingerprint density at radius 3 is 2.65 bits per heavy atom. The minimum atomic E-state index is -0.0613. The topological polar surface area (TPSA) is 65.9 Å². The van der Waals surface area contributed by atoms with E-state index >= 15 is 0 Å². The molecule has 2 atom stereocenters. The van der Waals surface area contributed by atoms with Crippen molar-refractivity contribution >= 4 is 29.1 Å². The van der Waals surface area contributed by atoms with E-state index in [1.165, 1.54) is 41.6 Å². The zero-order valence-electron chi connectivity index (χ0n) is 21.7. The van der Waals surface area contributed by atoms with Crippen LogP contribution in [0.3, 0.4) is 0 Å². The number of carbonyl (C=O) groups is 1. The maximum Gasteiger partial charge on any atom is 0.344 e. The molecule has 5 heterocycles. The molecule has 0 radical (unpaired) electrons. The number of hydrogen-bond donors (Lipinski definition) is 1. The van der Waals surface area contributed by atoms with Gasteiger partial charge in [-0.05, 0) is 75.8 Å². The Morgan fingerprint density at radius 1 is 1.16 bits per heavy atom. The van der Waals surface area contributed by atoms with E-state index in [0.717, 1.165) is 63.0 Å². The van der Waals surface area contributed by atoms with Crippen molar-refractivity contribution in [1.82, 2.24) is 19.6 Å². The van der Waals surface area contributed by atoms with Crippen molar-refractivity contribution in [1.29, 1.82) is 0 Å². The number of likely N-dealkylation sites (tertiary alicyclic amines) is 2. The number of carbonyl (C=O) groups excluding carboxylic acids is 1. The molecule has 4 saturated heterocycles. The number of nitrogens with one attached hydrogen (secondary N) is 1. The number of halogens is 1. The van der Waals surface area contributed by atoms with Crippen LogP contribution in [0.15, 0.2) is 42.7 Å². The molecule has 8 nitrogen and oxygen atoms in total. The normalized spacial score (nSPS) is 25.1. The summed E-state index contributed by atoms with van der Waals surface area (Å²) in [6, 6.07) is 9.28. The van der Waals surface area contributed by atoms with Crippen LogP contribution in [-0.2, 0) is 11.3 Å². The Hall–Kier alpha value is -2.55. The van der Waals surface area contributed by atoms with Crippen molar-refractivity contribution in [3.63, 3.8) is 0 Å². The van der Waals surface area contributed by atoms with Gasteiger partial charge in [0.15, 0.2) is 5.82 Å². The molecule has 2 unspecified atom stereocenters. The Balaban J connectivity index is 1.12. The third-order valence-corrected chi connectivity index (χ3v) is 8.90. The van der Waals surface area contributed by atoms with E-state index in [2.05, 4.69) is 45.0 Å². The summed E-state index contributed by atoms with van der Waals surface area (Å²) in [5, 5.41) is 8.25. The molecule has 4 fully saturated rings. The summed E-state index contributed by atoms with van der Waals surface area (Å²) in [5.74, 6) is 0.641. The number of morpholine rings is 1. The molecule has 1 aromatic carbocycles. The first-order chi connectivity index (χ1) is 17.9. The highest BCUT2D eigenvalue weighted by molar-refractivity contribution is 6.31. The maximum absolute atomic E-state index is 13.1. The fourth-order valence-corrected chi connectivity index (χ4v) is 7.18. The van der Waals surface area contributed by atoms with E-state index in [0.29, 0.717) is 17.9 Å². The summed E-state index contributed by atoms with van der Waals surface area (Å²) in [4.78, 5) is 20.2. The Bertz CT molecular complexity index is 1160. The molecule has 0 saturated carbocycles. The maximum atomic E-state index is 13.1. The predicted molar refractivity (Wildman–Crippen MR) is 146 cm³/mol. The fraction of sp³-hybridized carbons (Fsp3) is 0.571. The van der Waals surface area contributed by atoms with Gasteiger partial charge in [0.05, 0.1) is 25.3 Å². The Kier molecular flexibility index (Phi) is 6.67. The number of nitrogens with zero attached hydrogens (tertiary/aromatic N) is 5. The van der Waals surface area contributed by atoms with Crippen LogP contribution in [0.4, 0.5) is 16.3 Å². The zero-order valence-corrected chi connectivity index (χ0v) is 22.4. The number of amides is 1. The molecule has 4 aliphatic heterocycles. The minimum Gasteiger partial charge on any atom is -0.377 e. The number of hydrogen-bond acceptors (Lipinski definition) is 6. The summed E-state index contributed by atoms with van der Waals surface area (Å²) in [7, 11) is 0. The lowest BCUT2D eigenvalue weighted by Gasteiger charge is -2.45. The van der Waals surface area contributed by atoms with E-state index in [-0.39, 0.29) is 11.6 Å². The van der Waals surface area contributed by atoms with Gasteiger partial charge in [0.2, 0.25) is 0 Å². The van der Waals surface area contributed by atoms with Gasteiger partial charge in [0.25, 0.3) is 0 Å². The van der Waals surface area contributed by atoms with Gasteiger partial charge in [0, 0.05) is 53.8 Å². The summed E-state index contributed by atoms with van der Waals surface area (Å²) >= 11 is 6.65. The van der Waals surface area contributed by atoms with Crippen LogP contribution in [0.5, 0.6) is 0 Å². The number of rotatable bonds is 5. The molecular formula is C28H37ClN6O2. The molecule has 9 heteroatoms. The monoisotopic (exact) mass is 524 g/mol. The largest absolute Gasteiger partial charge is 0.377 e. The van der Waals surface area contributed by atoms with Gasteiger partial charge in [-0.15, -0.1) is 5.10 Å². The van der Waals surface area contributed by atoms with Crippen molar-refractivity contribution in [2.45, 2.75) is 69.6 Å². The average molecular weight is 525 g/mol. The van der Waals surface area contributed by atoms with Crippen LogP contribution < -0.4 is 10.2 Å². The van der Waals surface area contributed by atoms with Crippen LogP contribution in [0.25, 0.3) is 0 Å². The lowest BCUT2D eigenvalue weighted by molar-refractivity contribution is 0.0585. The second kappa shape index (κ2) is 9.97. The van der Waals surface area contributed by atoms with Gasteiger partial charge in [0.1, 0.15) is 0 Å². The van der Waals surface area contributed by atoms with Crippen LogP contribution in [0.1, 0.15) is 51.0 Å². The number of aromatic nitrogens is 2. The number of anilines is 2. The number of fused-ring (bicyclic) bond motifs is 2. The van der Waals surface area contributed by atoms with Crippen LogP contribution in [0, 0.1) is 0 Å². The highest BCUT2D eigenvalue weighted by Crippen LogP contribution is 2.41. The van der Waals surface area contributed by atoms with Crippen LogP contribution >= 0.6 is 11.6 Å². The molecule has 1 N–H and O–H groups in total. The third-order valence-electron chi connectivity index (χ3n) is 8.69. The van der Waals surface area contributed by atoms with E-state index in [9.17, 15) is 4.79 Å². The Morgan fingerprint density at radius 2 is 1.92 bits per heavy atom. The molecule has 37 heavy (non-hydrogen) atoms. The molecule has 6 rings (SSSR count). The van der Waals surface area contributed by atoms with Crippen LogP contribution in [-0.4, -0.2) is 76.1 Å². The highest BCUT2D eigenvalue weighted by Gasteiger charge is 2.44.